The second-order valence-electron chi connectivity index (χ2n) is 4.51. The molecule has 2 heteroatoms. The number of nitrogens with one attached hydrogen (secondary N) is 1. The van der Waals surface area contributed by atoms with E-state index < -0.39 is 0 Å². The number of hydrogen-bond donors (Lipinski definition) is 1. The third-order valence-corrected chi connectivity index (χ3v) is 3.73. The van der Waals surface area contributed by atoms with Crippen LogP contribution in [0.1, 0.15) is 32.1 Å². The summed E-state index contributed by atoms with van der Waals surface area (Å²) in [4.78, 5) is 0. The second-order valence-corrected chi connectivity index (χ2v) is 4.51. The summed E-state index contributed by atoms with van der Waals surface area (Å²) in [7, 11) is 1.83. The SMILES string of the molecule is COCC(C1CCC1)C1CCCN1. The Morgan fingerprint density at radius 1 is 1.31 bits per heavy atom. The van der Waals surface area contributed by atoms with Crippen molar-refractivity contribution < 1.29 is 4.74 Å². The van der Waals surface area contributed by atoms with Gasteiger partial charge in [-0.25, -0.2) is 0 Å². The fraction of sp³-hybridized carbons (Fsp3) is 1.00. The molecule has 0 amide bonds. The summed E-state index contributed by atoms with van der Waals surface area (Å²) in [5, 5.41) is 3.61. The lowest BCUT2D eigenvalue weighted by molar-refractivity contribution is 0.0672. The maximum absolute atomic E-state index is 5.33. The third-order valence-electron chi connectivity index (χ3n) is 3.73. The molecule has 2 nitrogen and oxygen atoms in total. The molecule has 1 N–H and O–H groups in total. The van der Waals surface area contributed by atoms with E-state index >= 15 is 0 Å². The molecular weight excluding hydrogens is 162 g/mol. The topological polar surface area (TPSA) is 21.3 Å². The van der Waals surface area contributed by atoms with E-state index in [-0.39, 0.29) is 0 Å². The maximum atomic E-state index is 5.33. The Kier molecular flexibility index (Phi) is 3.23. The van der Waals surface area contributed by atoms with E-state index in [1.165, 1.54) is 38.6 Å². The highest BCUT2D eigenvalue weighted by molar-refractivity contribution is 4.88. The Hall–Kier alpha value is -0.0800. The molecule has 0 aromatic heterocycles. The molecule has 2 atom stereocenters. The highest BCUT2D eigenvalue weighted by atomic mass is 16.5. The molecule has 2 unspecified atom stereocenters. The molecule has 0 aromatic carbocycles. The van der Waals surface area contributed by atoms with E-state index in [9.17, 15) is 0 Å². The van der Waals surface area contributed by atoms with Crippen molar-refractivity contribution in [2.24, 2.45) is 11.8 Å². The first kappa shape index (κ1) is 9.47. The number of hydrogen-bond acceptors (Lipinski definition) is 2. The van der Waals surface area contributed by atoms with Crippen LogP contribution >= 0.6 is 0 Å². The Bertz CT molecular complexity index is 150. The van der Waals surface area contributed by atoms with E-state index in [1.54, 1.807) is 0 Å². The normalized spacial score (nSPS) is 31.6. The first-order valence-corrected chi connectivity index (χ1v) is 5.64. The molecule has 0 bridgehead atoms. The minimum atomic E-state index is 0.755. The van der Waals surface area contributed by atoms with Crippen LogP contribution in [0.25, 0.3) is 0 Å². The summed E-state index contributed by atoms with van der Waals surface area (Å²) in [6.45, 7) is 2.18. The van der Waals surface area contributed by atoms with Gasteiger partial charge < -0.3 is 10.1 Å². The lowest BCUT2D eigenvalue weighted by atomic mass is 9.73. The second kappa shape index (κ2) is 4.43. The van der Waals surface area contributed by atoms with Gasteiger partial charge in [-0.1, -0.05) is 19.3 Å². The van der Waals surface area contributed by atoms with Crippen molar-refractivity contribution in [1.29, 1.82) is 0 Å². The van der Waals surface area contributed by atoms with Crippen molar-refractivity contribution in [3.8, 4) is 0 Å². The van der Waals surface area contributed by atoms with Gasteiger partial charge in [-0.3, -0.25) is 0 Å². The summed E-state index contributed by atoms with van der Waals surface area (Å²) in [5.74, 6) is 1.75. The highest BCUT2D eigenvalue weighted by Gasteiger charge is 2.34. The summed E-state index contributed by atoms with van der Waals surface area (Å²) >= 11 is 0. The van der Waals surface area contributed by atoms with Gasteiger partial charge in [0.2, 0.25) is 0 Å². The van der Waals surface area contributed by atoms with E-state index in [4.69, 9.17) is 4.74 Å². The lowest BCUT2D eigenvalue weighted by Crippen LogP contribution is -2.40. The van der Waals surface area contributed by atoms with E-state index in [1.807, 2.05) is 7.11 Å². The molecule has 2 fully saturated rings. The minimum absolute atomic E-state index is 0.755. The van der Waals surface area contributed by atoms with Crippen molar-refractivity contribution in [2.45, 2.75) is 38.1 Å². The molecule has 0 spiro atoms. The average molecular weight is 183 g/mol. The molecule has 0 radical (unpaired) electrons. The fourth-order valence-electron chi connectivity index (χ4n) is 2.72. The van der Waals surface area contributed by atoms with Crippen molar-refractivity contribution >= 4 is 0 Å². The van der Waals surface area contributed by atoms with Crippen molar-refractivity contribution in [1.82, 2.24) is 5.32 Å². The Morgan fingerprint density at radius 3 is 2.62 bits per heavy atom. The minimum Gasteiger partial charge on any atom is -0.384 e. The summed E-state index contributed by atoms with van der Waals surface area (Å²) in [5.41, 5.74) is 0. The molecule has 76 valence electrons. The molecule has 1 aliphatic carbocycles. The predicted octanol–water partition coefficient (Wildman–Crippen LogP) is 1.80. The molecule has 1 aliphatic heterocycles. The van der Waals surface area contributed by atoms with Crippen LogP contribution in [0.4, 0.5) is 0 Å². The quantitative estimate of drug-likeness (QED) is 0.717. The molecule has 0 aromatic rings. The van der Waals surface area contributed by atoms with Gasteiger partial charge in [-0.2, -0.15) is 0 Å². The number of methoxy groups -OCH3 is 1. The van der Waals surface area contributed by atoms with E-state index in [0.717, 1.165) is 24.5 Å². The van der Waals surface area contributed by atoms with Crippen LogP contribution in [0.15, 0.2) is 0 Å². The molecule has 2 aliphatic rings. The lowest BCUT2D eigenvalue weighted by Gasteiger charge is -2.37. The third kappa shape index (κ3) is 2.05. The van der Waals surface area contributed by atoms with Crippen molar-refractivity contribution in [3.63, 3.8) is 0 Å². The predicted molar refractivity (Wildman–Crippen MR) is 53.7 cm³/mol. The van der Waals surface area contributed by atoms with Crippen molar-refractivity contribution in [3.05, 3.63) is 0 Å². The largest absolute Gasteiger partial charge is 0.384 e. The highest BCUT2D eigenvalue weighted by Crippen LogP contribution is 2.37. The zero-order chi connectivity index (χ0) is 9.10. The molecule has 13 heavy (non-hydrogen) atoms. The van der Waals surface area contributed by atoms with Gasteiger partial charge in [0.25, 0.3) is 0 Å². The first-order chi connectivity index (χ1) is 6.42. The first-order valence-electron chi connectivity index (χ1n) is 5.64. The van der Waals surface area contributed by atoms with Crippen LogP contribution < -0.4 is 5.32 Å². The van der Waals surface area contributed by atoms with Crippen molar-refractivity contribution in [2.75, 3.05) is 20.3 Å². The van der Waals surface area contributed by atoms with Crippen LogP contribution in [0.2, 0.25) is 0 Å². The van der Waals surface area contributed by atoms with Gasteiger partial charge in [0.1, 0.15) is 0 Å². The zero-order valence-corrected chi connectivity index (χ0v) is 8.59. The van der Waals surface area contributed by atoms with Crippen LogP contribution in [0, 0.1) is 11.8 Å². The van der Waals surface area contributed by atoms with E-state index in [0.29, 0.717) is 0 Å². The average Bonchev–Trinajstić information content (AvgIpc) is 2.51. The summed E-state index contributed by atoms with van der Waals surface area (Å²) < 4.78 is 5.33. The summed E-state index contributed by atoms with van der Waals surface area (Å²) in [6.07, 6.45) is 7.04. The van der Waals surface area contributed by atoms with Gasteiger partial charge >= 0.3 is 0 Å². The van der Waals surface area contributed by atoms with Crippen LogP contribution in [-0.4, -0.2) is 26.3 Å². The monoisotopic (exact) mass is 183 g/mol. The summed E-state index contributed by atoms with van der Waals surface area (Å²) in [6, 6.07) is 0.755. The Labute approximate surface area is 81.0 Å². The van der Waals surface area contributed by atoms with E-state index in [2.05, 4.69) is 5.32 Å². The standard InChI is InChI=1S/C11H21NO/c1-13-8-10(9-4-2-5-9)11-6-3-7-12-11/h9-12H,2-8H2,1H3. The number of ether oxygens (including phenoxy) is 1. The zero-order valence-electron chi connectivity index (χ0n) is 8.59. The van der Waals surface area contributed by atoms with Crippen LogP contribution in [-0.2, 0) is 4.74 Å². The molecule has 1 saturated heterocycles. The molecule has 1 heterocycles. The van der Waals surface area contributed by atoms with Gasteiger partial charge in [-0.05, 0) is 25.3 Å². The van der Waals surface area contributed by atoms with Crippen LogP contribution in [0.3, 0.4) is 0 Å². The fourth-order valence-corrected chi connectivity index (χ4v) is 2.72. The molecular formula is C11H21NO. The van der Waals surface area contributed by atoms with Gasteiger partial charge in [0.15, 0.2) is 0 Å². The number of rotatable bonds is 4. The molecule has 2 rings (SSSR count). The maximum Gasteiger partial charge on any atom is 0.0508 e. The van der Waals surface area contributed by atoms with Gasteiger partial charge in [0.05, 0.1) is 6.61 Å². The molecule has 1 saturated carbocycles. The van der Waals surface area contributed by atoms with Crippen LogP contribution in [0.5, 0.6) is 0 Å². The smallest absolute Gasteiger partial charge is 0.0508 e. The van der Waals surface area contributed by atoms with Gasteiger partial charge in [-0.15, -0.1) is 0 Å². The van der Waals surface area contributed by atoms with Gasteiger partial charge in [0, 0.05) is 19.1 Å². The Morgan fingerprint density at radius 2 is 2.15 bits per heavy atom. The Balaban J connectivity index is 1.86.